The summed E-state index contributed by atoms with van der Waals surface area (Å²) in [7, 11) is 0. The van der Waals surface area contributed by atoms with Gasteiger partial charge in [-0.25, -0.2) is 0 Å². The summed E-state index contributed by atoms with van der Waals surface area (Å²) >= 11 is 0. The van der Waals surface area contributed by atoms with Crippen molar-refractivity contribution in [3.63, 3.8) is 0 Å². The lowest BCUT2D eigenvalue weighted by molar-refractivity contribution is -0.136. The van der Waals surface area contributed by atoms with Crippen molar-refractivity contribution in [2.75, 3.05) is 0 Å². The van der Waals surface area contributed by atoms with E-state index in [1.165, 1.54) is 6.21 Å². The van der Waals surface area contributed by atoms with Crippen LogP contribution in [0.1, 0.15) is 32.4 Å². The number of ketones is 2. The maximum atomic E-state index is 11.9. The number of carbonyl (C=O) groups excluding carboxylic acids is 2. The van der Waals surface area contributed by atoms with Crippen molar-refractivity contribution < 1.29 is 14.0 Å². The molecule has 0 N–H and O–H groups in total. The van der Waals surface area contributed by atoms with Crippen LogP contribution in [0.4, 0.5) is 0 Å². The van der Waals surface area contributed by atoms with Gasteiger partial charge in [-0.05, 0) is 17.5 Å². The number of Topliss-reactive ketones (excluding diaryl/α,β-unsaturated/α-hetero) is 2. The molecule has 0 spiro atoms. The van der Waals surface area contributed by atoms with E-state index >= 15 is 0 Å². The minimum atomic E-state index is -0.659. The predicted octanol–water partition coefficient (Wildman–Crippen LogP) is 2.42. The van der Waals surface area contributed by atoms with Crippen molar-refractivity contribution in [2.45, 2.75) is 33.2 Å². The lowest BCUT2D eigenvalue weighted by atomic mass is 9.72. The van der Waals surface area contributed by atoms with Crippen LogP contribution in [0.25, 0.3) is 0 Å². The Hall–Kier alpha value is -1.71. The van der Waals surface area contributed by atoms with Crippen LogP contribution in [-0.4, -0.2) is 17.8 Å². The molecule has 0 radical (unpaired) electrons. The molecule has 0 saturated heterocycles. The zero-order valence-corrected chi connectivity index (χ0v) is 10.7. The number of hydrogen-bond acceptors (Lipinski definition) is 4. The molecule has 0 aliphatic heterocycles. The molecule has 0 aromatic carbocycles. The second-order valence-corrected chi connectivity index (χ2v) is 5.50. The van der Waals surface area contributed by atoms with Crippen LogP contribution in [0.2, 0.25) is 0 Å². The molecule has 1 aromatic heterocycles. The number of nitrogens with zero attached hydrogens (tertiary/aromatic N) is 1. The van der Waals surface area contributed by atoms with Gasteiger partial charge in [-0.15, -0.1) is 0 Å². The maximum Gasteiger partial charge on any atom is 0.149 e. The molecule has 1 saturated carbocycles. The first-order chi connectivity index (χ1) is 8.48. The highest BCUT2D eigenvalue weighted by Crippen LogP contribution is 2.33. The summed E-state index contributed by atoms with van der Waals surface area (Å²) in [5, 5.41) is 0. The topological polar surface area (TPSA) is 59.6 Å². The Balaban J connectivity index is 1.99. The highest BCUT2D eigenvalue weighted by atomic mass is 16.3. The predicted molar refractivity (Wildman–Crippen MR) is 67.4 cm³/mol. The summed E-state index contributed by atoms with van der Waals surface area (Å²) < 4.78 is 5.13. The number of hydrogen-bond donors (Lipinski definition) is 0. The van der Waals surface area contributed by atoms with Gasteiger partial charge in [0, 0.05) is 19.1 Å². The Bertz CT molecular complexity index is 451. The molecule has 2 rings (SSSR count). The molecule has 96 valence electrons. The normalized spacial score (nSPS) is 20.8. The summed E-state index contributed by atoms with van der Waals surface area (Å²) in [5.41, 5.74) is -0.209. The number of aliphatic imine (C=N–C) groups is 1. The third kappa shape index (κ3) is 2.94. The lowest BCUT2D eigenvalue weighted by Gasteiger charge is -2.30. The number of furan rings is 1. The minimum absolute atomic E-state index is 0.0283. The molecule has 0 bridgehead atoms. The van der Waals surface area contributed by atoms with Crippen molar-refractivity contribution in [1.29, 1.82) is 0 Å². The van der Waals surface area contributed by atoms with E-state index in [0.717, 1.165) is 5.76 Å². The van der Waals surface area contributed by atoms with Gasteiger partial charge in [0.2, 0.25) is 0 Å². The first kappa shape index (κ1) is 12.7. The average Bonchev–Trinajstić information content (AvgIpc) is 2.73. The van der Waals surface area contributed by atoms with Gasteiger partial charge in [-0.2, -0.15) is 0 Å². The van der Waals surface area contributed by atoms with Crippen molar-refractivity contribution in [3.05, 3.63) is 24.2 Å². The molecule has 0 unspecified atom stereocenters. The molecule has 1 heterocycles. The Labute approximate surface area is 106 Å². The summed E-state index contributed by atoms with van der Waals surface area (Å²) in [6, 6.07) is 3.59. The van der Waals surface area contributed by atoms with Gasteiger partial charge >= 0.3 is 0 Å². The Morgan fingerprint density at radius 1 is 1.39 bits per heavy atom. The molecule has 1 fully saturated rings. The summed E-state index contributed by atoms with van der Waals surface area (Å²) in [4.78, 5) is 27.9. The van der Waals surface area contributed by atoms with Crippen molar-refractivity contribution in [3.8, 4) is 0 Å². The molecule has 4 nitrogen and oxygen atoms in total. The molecule has 0 atom stereocenters. The molecule has 18 heavy (non-hydrogen) atoms. The largest absolute Gasteiger partial charge is 0.467 e. The van der Waals surface area contributed by atoms with E-state index in [9.17, 15) is 9.59 Å². The minimum Gasteiger partial charge on any atom is -0.467 e. The van der Waals surface area contributed by atoms with Crippen LogP contribution in [0.5, 0.6) is 0 Å². The van der Waals surface area contributed by atoms with Crippen molar-refractivity contribution >= 4 is 17.8 Å². The van der Waals surface area contributed by atoms with Gasteiger partial charge < -0.3 is 4.42 Å². The van der Waals surface area contributed by atoms with E-state index in [1.54, 1.807) is 12.3 Å². The van der Waals surface area contributed by atoms with Crippen LogP contribution in [0, 0.1) is 11.3 Å². The fraction of sp³-hybridized carbons (Fsp3) is 0.500. The fourth-order valence-electron chi connectivity index (χ4n) is 2.22. The third-order valence-electron chi connectivity index (χ3n) is 3.08. The average molecular weight is 247 g/mol. The van der Waals surface area contributed by atoms with Gasteiger partial charge in [0.15, 0.2) is 0 Å². The second-order valence-electron chi connectivity index (χ2n) is 5.50. The summed E-state index contributed by atoms with van der Waals surface area (Å²) in [6.07, 6.45) is 3.93. The van der Waals surface area contributed by atoms with Crippen LogP contribution in [-0.2, 0) is 16.1 Å². The highest BCUT2D eigenvalue weighted by molar-refractivity contribution is 6.16. The summed E-state index contributed by atoms with van der Waals surface area (Å²) in [6.45, 7) is 4.26. The summed E-state index contributed by atoms with van der Waals surface area (Å²) in [5.74, 6) is 0.00849. The molecular formula is C14H17NO3. The monoisotopic (exact) mass is 247 g/mol. The smallest absolute Gasteiger partial charge is 0.149 e. The SMILES string of the molecule is CC1(C)CC(=O)C(C=NCc2ccco2)C(=O)C1. The van der Waals surface area contributed by atoms with Gasteiger partial charge in [-0.1, -0.05) is 13.8 Å². The third-order valence-corrected chi connectivity index (χ3v) is 3.08. The first-order valence-corrected chi connectivity index (χ1v) is 6.06. The van der Waals surface area contributed by atoms with Gasteiger partial charge in [0.05, 0.1) is 12.8 Å². The lowest BCUT2D eigenvalue weighted by Crippen LogP contribution is -2.38. The highest BCUT2D eigenvalue weighted by Gasteiger charge is 2.38. The van der Waals surface area contributed by atoms with Gasteiger partial charge in [-0.3, -0.25) is 14.6 Å². The Kier molecular flexibility index (Phi) is 3.45. The molecule has 4 heteroatoms. The van der Waals surface area contributed by atoms with Crippen molar-refractivity contribution in [2.24, 2.45) is 16.3 Å². The van der Waals surface area contributed by atoms with E-state index in [1.807, 2.05) is 19.9 Å². The number of carbonyl (C=O) groups is 2. The Morgan fingerprint density at radius 2 is 2.06 bits per heavy atom. The standard InChI is InChI=1S/C14H17NO3/c1-14(2)6-12(16)11(13(17)7-14)9-15-8-10-4-3-5-18-10/h3-5,9,11H,6-8H2,1-2H3. The maximum absolute atomic E-state index is 11.9. The van der Waals surface area contributed by atoms with E-state index in [0.29, 0.717) is 19.4 Å². The van der Waals surface area contributed by atoms with E-state index < -0.39 is 5.92 Å². The van der Waals surface area contributed by atoms with Crippen LogP contribution < -0.4 is 0 Å². The molecule has 1 aliphatic carbocycles. The van der Waals surface area contributed by atoms with Crippen molar-refractivity contribution in [1.82, 2.24) is 0 Å². The van der Waals surface area contributed by atoms with Gasteiger partial charge in [0.1, 0.15) is 23.2 Å². The molecule has 0 amide bonds. The van der Waals surface area contributed by atoms with Crippen LogP contribution in [0.3, 0.4) is 0 Å². The first-order valence-electron chi connectivity index (χ1n) is 6.06. The zero-order chi connectivity index (χ0) is 13.2. The van der Waals surface area contributed by atoms with E-state index in [4.69, 9.17) is 4.42 Å². The molecule has 1 aromatic rings. The quantitative estimate of drug-likeness (QED) is 0.608. The zero-order valence-electron chi connectivity index (χ0n) is 10.7. The van der Waals surface area contributed by atoms with E-state index in [2.05, 4.69) is 4.99 Å². The second kappa shape index (κ2) is 4.88. The van der Waals surface area contributed by atoms with Crippen LogP contribution >= 0.6 is 0 Å². The number of rotatable bonds is 3. The van der Waals surface area contributed by atoms with Gasteiger partial charge in [0.25, 0.3) is 0 Å². The Morgan fingerprint density at radius 3 is 2.61 bits per heavy atom. The molecular weight excluding hydrogens is 230 g/mol. The van der Waals surface area contributed by atoms with E-state index in [-0.39, 0.29) is 17.0 Å². The van der Waals surface area contributed by atoms with Crippen LogP contribution in [0.15, 0.2) is 27.8 Å². The fourth-order valence-corrected chi connectivity index (χ4v) is 2.22. The molecule has 1 aliphatic rings.